The Kier molecular flexibility index (Phi) is 5.36. The first kappa shape index (κ1) is 14.2. The van der Waals surface area contributed by atoms with Crippen LogP contribution in [-0.2, 0) is 6.54 Å². The molecule has 0 radical (unpaired) electrons. The highest BCUT2D eigenvalue weighted by molar-refractivity contribution is 7.15. The van der Waals surface area contributed by atoms with Gasteiger partial charge in [0.05, 0.1) is 6.54 Å². The molecule has 18 heavy (non-hydrogen) atoms. The van der Waals surface area contributed by atoms with Gasteiger partial charge < -0.3 is 5.32 Å². The lowest BCUT2D eigenvalue weighted by Crippen LogP contribution is -2.45. The number of piperidine rings is 1. The summed E-state index contributed by atoms with van der Waals surface area (Å²) in [5.74, 6) is 0. The Balaban J connectivity index is 1.90. The van der Waals surface area contributed by atoms with Gasteiger partial charge in [0.2, 0.25) is 4.47 Å². The molecular formula is C12H21ClN4S. The summed E-state index contributed by atoms with van der Waals surface area (Å²) in [5, 5.41) is 12.6. The lowest BCUT2D eigenvalue weighted by atomic mass is 10.0. The van der Waals surface area contributed by atoms with Gasteiger partial charge in [-0.1, -0.05) is 17.8 Å². The minimum Gasteiger partial charge on any atom is -0.313 e. The maximum absolute atomic E-state index is 5.83. The summed E-state index contributed by atoms with van der Waals surface area (Å²) in [7, 11) is 0. The number of nitrogens with one attached hydrogen (secondary N) is 1. The number of hydrogen-bond donors (Lipinski definition) is 1. The van der Waals surface area contributed by atoms with Crippen LogP contribution >= 0.6 is 22.9 Å². The fourth-order valence-corrected chi connectivity index (χ4v) is 3.18. The average Bonchev–Trinajstić information content (AvgIpc) is 2.75. The maximum atomic E-state index is 5.83. The third kappa shape index (κ3) is 4.16. The summed E-state index contributed by atoms with van der Waals surface area (Å²) in [6, 6.07) is 1.13. The Hall–Kier alpha value is -0.230. The predicted octanol–water partition coefficient (Wildman–Crippen LogP) is 2.54. The van der Waals surface area contributed by atoms with E-state index in [0.29, 0.717) is 16.6 Å². The van der Waals surface area contributed by atoms with Gasteiger partial charge in [0, 0.05) is 18.6 Å². The Bertz CT molecular complexity index is 363. The van der Waals surface area contributed by atoms with Crippen molar-refractivity contribution < 1.29 is 0 Å². The fourth-order valence-electron chi connectivity index (χ4n) is 2.29. The molecule has 0 aliphatic carbocycles. The van der Waals surface area contributed by atoms with Crippen molar-refractivity contribution in [2.24, 2.45) is 0 Å². The van der Waals surface area contributed by atoms with Gasteiger partial charge in [0.15, 0.2) is 0 Å². The molecule has 0 spiro atoms. The summed E-state index contributed by atoms with van der Waals surface area (Å²) in [5.41, 5.74) is 0. The molecule has 1 fully saturated rings. The third-order valence-electron chi connectivity index (χ3n) is 3.38. The van der Waals surface area contributed by atoms with Gasteiger partial charge >= 0.3 is 0 Å². The van der Waals surface area contributed by atoms with Gasteiger partial charge in [-0.25, -0.2) is 0 Å². The topological polar surface area (TPSA) is 41.1 Å². The second-order valence-corrected chi connectivity index (χ2v) is 6.76. The molecule has 0 aromatic carbocycles. The molecule has 1 saturated heterocycles. The first-order chi connectivity index (χ1) is 8.65. The summed E-state index contributed by atoms with van der Waals surface area (Å²) in [4.78, 5) is 2.44. The van der Waals surface area contributed by atoms with Gasteiger partial charge in [-0.15, -0.1) is 10.2 Å². The first-order valence-corrected chi connectivity index (χ1v) is 7.80. The zero-order valence-electron chi connectivity index (χ0n) is 11.0. The van der Waals surface area contributed by atoms with Crippen LogP contribution in [0.4, 0.5) is 0 Å². The molecule has 2 heterocycles. The van der Waals surface area contributed by atoms with Crippen molar-refractivity contribution >= 4 is 22.9 Å². The van der Waals surface area contributed by atoms with E-state index in [-0.39, 0.29) is 0 Å². The Morgan fingerprint density at radius 3 is 2.83 bits per heavy atom. The van der Waals surface area contributed by atoms with E-state index in [1.54, 1.807) is 0 Å². The molecule has 1 aromatic heterocycles. The van der Waals surface area contributed by atoms with Gasteiger partial charge in [-0.3, -0.25) is 4.90 Å². The fraction of sp³-hybridized carbons (Fsp3) is 0.833. The Morgan fingerprint density at radius 1 is 1.44 bits per heavy atom. The molecule has 1 aliphatic heterocycles. The number of hydrogen-bond acceptors (Lipinski definition) is 5. The molecule has 2 rings (SSSR count). The molecule has 0 saturated carbocycles. The van der Waals surface area contributed by atoms with E-state index in [1.165, 1.54) is 30.6 Å². The first-order valence-electron chi connectivity index (χ1n) is 6.60. The van der Waals surface area contributed by atoms with Crippen LogP contribution in [-0.4, -0.2) is 40.3 Å². The molecule has 1 aromatic rings. The van der Waals surface area contributed by atoms with Crippen LogP contribution in [0.2, 0.25) is 4.47 Å². The molecule has 1 N–H and O–H groups in total. The molecule has 0 amide bonds. The zero-order valence-corrected chi connectivity index (χ0v) is 12.6. The van der Waals surface area contributed by atoms with Gasteiger partial charge in [-0.2, -0.15) is 0 Å². The van der Waals surface area contributed by atoms with Crippen molar-refractivity contribution in [1.29, 1.82) is 0 Å². The van der Waals surface area contributed by atoms with E-state index in [0.717, 1.165) is 24.6 Å². The summed E-state index contributed by atoms with van der Waals surface area (Å²) >= 11 is 7.31. The van der Waals surface area contributed by atoms with Crippen LogP contribution < -0.4 is 5.32 Å². The Morgan fingerprint density at radius 2 is 2.28 bits per heavy atom. The van der Waals surface area contributed by atoms with Crippen LogP contribution in [0.5, 0.6) is 0 Å². The molecule has 102 valence electrons. The summed E-state index contributed by atoms with van der Waals surface area (Å²) in [6.07, 6.45) is 3.93. The number of halogens is 1. The molecule has 1 atom stereocenters. The number of nitrogens with zero attached hydrogens (tertiary/aromatic N) is 3. The van der Waals surface area contributed by atoms with Crippen LogP contribution in [0.25, 0.3) is 0 Å². The highest BCUT2D eigenvalue weighted by Crippen LogP contribution is 2.18. The monoisotopic (exact) mass is 288 g/mol. The van der Waals surface area contributed by atoms with Crippen molar-refractivity contribution in [3.05, 3.63) is 9.47 Å². The smallest absolute Gasteiger partial charge is 0.207 e. The minimum atomic E-state index is 0.511. The van der Waals surface area contributed by atoms with E-state index in [4.69, 9.17) is 11.6 Å². The molecule has 1 unspecified atom stereocenters. The van der Waals surface area contributed by atoms with Crippen LogP contribution in [0.3, 0.4) is 0 Å². The summed E-state index contributed by atoms with van der Waals surface area (Å²) < 4.78 is 0.532. The molecule has 1 aliphatic rings. The van der Waals surface area contributed by atoms with Crippen molar-refractivity contribution in [2.45, 2.75) is 51.7 Å². The summed E-state index contributed by atoms with van der Waals surface area (Å²) in [6.45, 7) is 7.53. The maximum Gasteiger partial charge on any atom is 0.207 e. The van der Waals surface area contributed by atoms with Crippen LogP contribution in [0.15, 0.2) is 0 Å². The van der Waals surface area contributed by atoms with Crippen LogP contribution in [0.1, 0.15) is 38.1 Å². The second-order valence-electron chi connectivity index (χ2n) is 5.12. The SMILES string of the molecule is CC(C)N(Cc1nnc(Cl)s1)CC1CCCCN1. The molecule has 6 heteroatoms. The van der Waals surface area contributed by atoms with Crippen molar-refractivity contribution in [2.75, 3.05) is 13.1 Å². The minimum absolute atomic E-state index is 0.511. The highest BCUT2D eigenvalue weighted by atomic mass is 35.5. The van der Waals surface area contributed by atoms with Gasteiger partial charge in [0.1, 0.15) is 5.01 Å². The standard InChI is InChI=1S/C12H21ClN4S/c1-9(2)17(7-10-5-3-4-6-14-10)8-11-15-16-12(13)18-11/h9-10,14H,3-8H2,1-2H3. The second kappa shape index (κ2) is 6.80. The Labute approximate surface area is 118 Å². The third-order valence-corrected chi connectivity index (χ3v) is 4.38. The van der Waals surface area contributed by atoms with E-state index in [2.05, 4.69) is 34.3 Å². The van der Waals surface area contributed by atoms with Gasteiger partial charge in [-0.05, 0) is 44.8 Å². The van der Waals surface area contributed by atoms with E-state index in [1.807, 2.05) is 0 Å². The average molecular weight is 289 g/mol. The lowest BCUT2D eigenvalue weighted by molar-refractivity contribution is 0.176. The molecule has 0 bridgehead atoms. The van der Waals surface area contributed by atoms with Crippen molar-refractivity contribution in [3.63, 3.8) is 0 Å². The van der Waals surface area contributed by atoms with Crippen LogP contribution in [0, 0.1) is 0 Å². The molecule has 4 nitrogen and oxygen atoms in total. The highest BCUT2D eigenvalue weighted by Gasteiger charge is 2.19. The zero-order chi connectivity index (χ0) is 13.0. The van der Waals surface area contributed by atoms with E-state index < -0.39 is 0 Å². The number of aromatic nitrogens is 2. The number of rotatable bonds is 5. The normalized spacial score (nSPS) is 20.8. The largest absolute Gasteiger partial charge is 0.313 e. The predicted molar refractivity (Wildman–Crippen MR) is 76.1 cm³/mol. The van der Waals surface area contributed by atoms with E-state index >= 15 is 0 Å². The van der Waals surface area contributed by atoms with Gasteiger partial charge in [0.25, 0.3) is 0 Å². The lowest BCUT2D eigenvalue weighted by Gasteiger charge is -2.32. The van der Waals surface area contributed by atoms with E-state index in [9.17, 15) is 0 Å². The van der Waals surface area contributed by atoms with Crippen molar-refractivity contribution in [3.8, 4) is 0 Å². The van der Waals surface area contributed by atoms with Crippen molar-refractivity contribution in [1.82, 2.24) is 20.4 Å². The quantitative estimate of drug-likeness (QED) is 0.904. The molecular weight excluding hydrogens is 268 g/mol.